The molecule has 4 atom stereocenters. The van der Waals surface area contributed by atoms with Crippen molar-refractivity contribution >= 4 is 35.3 Å². The molecule has 0 spiro atoms. The van der Waals surface area contributed by atoms with Crippen molar-refractivity contribution in [3.8, 4) is 0 Å². The average Bonchev–Trinajstić information content (AvgIpc) is 3.71. The number of hydrogen-bond acceptors (Lipinski definition) is 8. The van der Waals surface area contributed by atoms with E-state index in [0.29, 0.717) is 32.0 Å². The summed E-state index contributed by atoms with van der Waals surface area (Å²) in [4.78, 5) is 51.0. The van der Waals surface area contributed by atoms with Gasteiger partial charge in [-0.2, -0.15) is 0 Å². The zero-order valence-electron chi connectivity index (χ0n) is 25.4. The Morgan fingerprint density at radius 3 is 2.57 bits per heavy atom. The molecule has 0 aliphatic carbocycles. The van der Waals surface area contributed by atoms with Crippen LogP contribution in [-0.2, 0) is 20.9 Å². The fourth-order valence-corrected chi connectivity index (χ4v) is 6.90. The van der Waals surface area contributed by atoms with Gasteiger partial charge in [-0.3, -0.25) is 9.59 Å². The Morgan fingerprint density at radius 2 is 1.84 bits per heavy atom. The van der Waals surface area contributed by atoms with Gasteiger partial charge in [0.05, 0.1) is 19.1 Å². The van der Waals surface area contributed by atoms with Crippen molar-refractivity contribution in [1.29, 1.82) is 0 Å². The lowest BCUT2D eigenvalue weighted by atomic mass is 10.0. The molecule has 1 unspecified atom stereocenters. The summed E-state index contributed by atoms with van der Waals surface area (Å²) in [7, 11) is 0. The summed E-state index contributed by atoms with van der Waals surface area (Å²) in [5.41, 5.74) is 1.03. The average molecular weight is 625 g/mol. The minimum Gasteiger partial charge on any atom is -0.465 e. The maximum Gasteiger partial charge on any atom is 0.405 e. The zero-order chi connectivity index (χ0) is 30.9. The van der Waals surface area contributed by atoms with Gasteiger partial charge in [0, 0.05) is 18.0 Å². The molecule has 2 aromatic rings. The molecule has 0 saturated carbocycles. The highest BCUT2D eigenvalue weighted by atomic mass is 32.1. The number of amides is 3. The number of carbonyl (C=O) groups excluding carboxylic acids is 2. The van der Waals surface area contributed by atoms with Crippen LogP contribution >= 0.6 is 11.3 Å². The Labute approximate surface area is 263 Å². The summed E-state index contributed by atoms with van der Waals surface area (Å²) >= 11 is 1.55. The number of nitrogens with one attached hydrogen (secondary N) is 2. The molecule has 1 aromatic heterocycles. The summed E-state index contributed by atoms with van der Waals surface area (Å²) in [6.07, 6.45) is 4.22. The first-order valence-corrected chi connectivity index (χ1v) is 16.6. The van der Waals surface area contributed by atoms with E-state index in [1.54, 1.807) is 16.2 Å². The van der Waals surface area contributed by atoms with Gasteiger partial charge in [0.1, 0.15) is 18.2 Å². The third-order valence-corrected chi connectivity index (χ3v) is 9.50. The van der Waals surface area contributed by atoms with E-state index in [4.69, 9.17) is 9.73 Å². The summed E-state index contributed by atoms with van der Waals surface area (Å²) in [5.74, 6) is -0.659. The Balaban J connectivity index is 1.26. The van der Waals surface area contributed by atoms with Gasteiger partial charge in [-0.05, 0) is 75.7 Å². The predicted octanol–water partition coefficient (Wildman–Crippen LogP) is 3.69. The van der Waals surface area contributed by atoms with Crippen molar-refractivity contribution in [2.75, 3.05) is 39.3 Å². The Bertz CT molecular complexity index is 1270. The molecule has 2 fully saturated rings. The number of rotatable bonds is 11. The minimum absolute atomic E-state index is 0.104. The van der Waals surface area contributed by atoms with Gasteiger partial charge < -0.3 is 35.2 Å². The van der Waals surface area contributed by atoms with Crippen LogP contribution in [0.2, 0.25) is 0 Å². The molecule has 3 amide bonds. The van der Waals surface area contributed by atoms with Crippen LogP contribution in [0.25, 0.3) is 0 Å². The van der Waals surface area contributed by atoms with Crippen LogP contribution in [0.5, 0.6) is 0 Å². The second kappa shape index (κ2) is 15.4. The normalized spacial score (nSPS) is 23.0. The van der Waals surface area contributed by atoms with Gasteiger partial charge in [0.2, 0.25) is 11.8 Å². The highest BCUT2D eigenvalue weighted by Crippen LogP contribution is 2.30. The molecule has 3 aliphatic rings. The van der Waals surface area contributed by atoms with Crippen molar-refractivity contribution in [1.82, 2.24) is 25.3 Å². The molecular weight excluding hydrogens is 580 g/mol. The molecule has 3 N–H and O–H groups in total. The summed E-state index contributed by atoms with van der Waals surface area (Å²) < 4.78 is 6.31. The topological polar surface area (TPSA) is 127 Å². The standard InChI is InChI=1S/C32H44N6O5S/c1-23-28(24-11-4-2-5-12-24)43-31(34-23)37-18-19-38(27(22-37)29(39)33-21-25-13-10-20-44-25)30(40)26(35-32(41)42)14-6-9-17-36-15-7-3-8-16-36/h2,4-5,10-13,20,23,26-28,35H,3,6-9,14-19,21-22H2,1H3,(H,33,39)(H,41,42)/t23-,26?,27-,28+/m0/s1. The van der Waals surface area contributed by atoms with Gasteiger partial charge >= 0.3 is 6.09 Å². The number of amidine groups is 1. The first kappa shape index (κ1) is 31.8. The first-order chi connectivity index (χ1) is 21.4. The molecule has 0 bridgehead atoms. The lowest BCUT2D eigenvalue weighted by molar-refractivity contribution is -0.145. The van der Waals surface area contributed by atoms with Crippen LogP contribution in [0.4, 0.5) is 4.79 Å². The largest absolute Gasteiger partial charge is 0.465 e. The summed E-state index contributed by atoms with van der Waals surface area (Å²) in [5, 5.41) is 17.0. The molecule has 11 nitrogen and oxygen atoms in total. The number of carbonyl (C=O) groups is 3. The first-order valence-electron chi connectivity index (χ1n) is 15.8. The van der Waals surface area contributed by atoms with Gasteiger partial charge in [-0.25, -0.2) is 9.79 Å². The molecule has 12 heteroatoms. The van der Waals surface area contributed by atoms with Crippen molar-refractivity contribution in [3.63, 3.8) is 0 Å². The maximum absolute atomic E-state index is 13.9. The second-order valence-corrected chi connectivity index (χ2v) is 12.8. The highest BCUT2D eigenvalue weighted by Gasteiger charge is 2.41. The van der Waals surface area contributed by atoms with Crippen LogP contribution in [-0.4, -0.2) is 101 Å². The van der Waals surface area contributed by atoms with E-state index in [9.17, 15) is 19.5 Å². The van der Waals surface area contributed by atoms with E-state index >= 15 is 0 Å². The van der Waals surface area contributed by atoms with E-state index in [0.717, 1.165) is 36.5 Å². The van der Waals surface area contributed by atoms with E-state index < -0.39 is 18.2 Å². The Kier molecular flexibility index (Phi) is 11.1. The fraction of sp³-hybridized carbons (Fsp3) is 0.562. The van der Waals surface area contributed by atoms with Crippen molar-refractivity contribution in [2.24, 2.45) is 4.99 Å². The molecule has 238 valence electrons. The van der Waals surface area contributed by atoms with E-state index in [-0.39, 0.29) is 37.0 Å². The number of likely N-dealkylation sites (tertiary alicyclic amines) is 1. The van der Waals surface area contributed by atoms with Crippen LogP contribution in [0.1, 0.15) is 62.0 Å². The third kappa shape index (κ3) is 8.29. The number of hydrogen-bond donors (Lipinski definition) is 3. The van der Waals surface area contributed by atoms with E-state index in [1.807, 2.05) is 59.7 Å². The van der Waals surface area contributed by atoms with E-state index in [2.05, 4.69) is 15.5 Å². The quantitative estimate of drug-likeness (QED) is 0.326. The third-order valence-electron chi connectivity index (χ3n) is 8.63. The second-order valence-electron chi connectivity index (χ2n) is 11.8. The fourth-order valence-electron chi connectivity index (χ4n) is 6.25. The number of piperidine rings is 1. The van der Waals surface area contributed by atoms with Crippen LogP contribution in [0.3, 0.4) is 0 Å². The smallest absolute Gasteiger partial charge is 0.405 e. The molecular formula is C32H44N6O5S. The van der Waals surface area contributed by atoms with Gasteiger partial charge in [0.15, 0.2) is 0 Å². The lowest BCUT2D eigenvalue weighted by Gasteiger charge is -2.42. The SMILES string of the molecule is C[C@@H]1N=C(N2CCN(C(=O)C(CCCCN3CCCCC3)NC(=O)O)[C@H](C(=O)NCc3cccs3)C2)O[C@H]1c1ccccc1. The van der Waals surface area contributed by atoms with Crippen molar-refractivity contribution in [3.05, 3.63) is 58.3 Å². The van der Waals surface area contributed by atoms with Crippen LogP contribution < -0.4 is 10.6 Å². The number of unbranched alkanes of at least 4 members (excludes halogenated alkanes) is 1. The maximum atomic E-state index is 13.9. The number of piperazine rings is 1. The van der Waals surface area contributed by atoms with Crippen molar-refractivity contribution < 1.29 is 24.2 Å². The minimum atomic E-state index is -1.24. The number of nitrogens with zero attached hydrogens (tertiary/aromatic N) is 4. The lowest BCUT2D eigenvalue weighted by Crippen LogP contribution is -2.64. The number of ether oxygens (including phenoxy) is 1. The molecule has 3 aliphatic heterocycles. The number of aliphatic imine (C=N–C) groups is 1. The number of benzene rings is 1. The molecule has 1 aromatic carbocycles. The van der Waals surface area contributed by atoms with Crippen LogP contribution in [0, 0.1) is 0 Å². The summed E-state index contributed by atoms with van der Waals surface area (Å²) in [6, 6.07) is 12.4. The monoisotopic (exact) mass is 624 g/mol. The highest BCUT2D eigenvalue weighted by molar-refractivity contribution is 7.09. The molecule has 4 heterocycles. The molecule has 2 saturated heterocycles. The van der Waals surface area contributed by atoms with Gasteiger partial charge in [-0.1, -0.05) is 42.8 Å². The van der Waals surface area contributed by atoms with Gasteiger partial charge in [-0.15, -0.1) is 11.3 Å². The van der Waals surface area contributed by atoms with E-state index in [1.165, 1.54) is 19.3 Å². The molecule has 0 radical (unpaired) electrons. The summed E-state index contributed by atoms with van der Waals surface area (Å²) in [6.45, 7) is 6.37. The number of carboxylic acid groups (broad SMARTS) is 1. The van der Waals surface area contributed by atoms with Crippen LogP contribution in [0.15, 0.2) is 52.8 Å². The Hall–Kier alpha value is -3.64. The molecule has 44 heavy (non-hydrogen) atoms. The Morgan fingerprint density at radius 1 is 1.05 bits per heavy atom. The zero-order valence-corrected chi connectivity index (χ0v) is 26.2. The van der Waals surface area contributed by atoms with Gasteiger partial charge in [0.25, 0.3) is 6.02 Å². The predicted molar refractivity (Wildman–Crippen MR) is 169 cm³/mol. The number of thiophene rings is 1. The molecule has 5 rings (SSSR count). The van der Waals surface area contributed by atoms with Crippen molar-refractivity contribution in [2.45, 2.75) is 76.2 Å².